The van der Waals surface area contributed by atoms with Gasteiger partial charge < -0.3 is 77.4 Å². The first-order chi connectivity index (χ1) is 52.4. The molecule has 8 heterocycles. The van der Waals surface area contributed by atoms with Gasteiger partial charge in [0, 0.05) is 89.0 Å². The maximum absolute atomic E-state index is 10.8. The number of thioether (sulfide) groups is 2. The number of carbonyl (C=O) groups is 1. The zero-order valence-electron chi connectivity index (χ0n) is 59.7. The Morgan fingerprint density at radius 1 is 0.445 bits per heavy atom. The van der Waals surface area contributed by atoms with Gasteiger partial charge in [-0.3, -0.25) is 4.79 Å². The van der Waals surface area contributed by atoms with E-state index >= 15 is 0 Å². The van der Waals surface area contributed by atoms with E-state index in [1.165, 1.54) is 37.7 Å². The van der Waals surface area contributed by atoms with E-state index in [0.717, 1.165) is 41.8 Å². The largest absolute Gasteiger partial charge is 0.491 e. The highest BCUT2D eigenvalue weighted by Gasteiger charge is 2.29. The number of nitrogens with two attached hydrogens (primary N) is 6. The van der Waals surface area contributed by atoms with Crippen LogP contribution in [0.3, 0.4) is 0 Å². The first-order valence-electron chi connectivity index (χ1n) is 32.5. The van der Waals surface area contributed by atoms with Crippen molar-refractivity contribution in [1.82, 2.24) is 84.6 Å². The molecule has 12 N–H and O–H groups in total. The number of benzene rings is 5. The van der Waals surface area contributed by atoms with Crippen LogP contribution in [-0.2, 0) is 24.1 Å². The summed E-state index contributed by atoms with van der Waals surface area (Å²) in [6.07, 6.45) is 4.87. The van der Waals surface area contributed by atoms with Crippen molar-refractivity contribution in [1.29, 1.82) is 0 Å². The van der Waals surface area contributed by atoms with Crippen LogP contribution in [0.1, 0.15) is 35.4 Å². The number of anilines is 5. The number of hydrogen-bond donors (Lipinski definition) is 6. The summed E-state index contributed by atoms with van der Waals surface area (Å²) < 4.78 is 38.0. The van der Waals surface area contributed by atoms with Crippen LogP contribution >= 0.6 is 140 Å². The summed E-state index contributed by atoms with van der Waals surface area (Å²) in [6, 6.07) is 11.7. The zero-order chi connectivity index (χ0) is 79.8. The van der Waals surface area contributed by atoms with E-state index in [1.807, 2.05) is 44.2 Å². The Morgan fingerprint density at radius 2 is 0.800 bits per heavy atom. The minimum Gasteiger partial charge on any atom is -0.491 e. The van der Waals surface area contributed by atoms with E-state index in [-0.39, 0.29) is 53.5 Å². The van der Waals surface area contributed by atoms with E-state index in [0.29, 0.717) is 205 Å². The van der Waals surface area contributed by atoms with E-state index in [2.05, 4.69) is 74.8 Å². The number of aryl methyl sites for hydroxylation is 1. The maximum Gasteiger partial charge on any atom is 0.321 e. The quantitative estimate of drug-likeness (QED) is 0.0287. The van der Waals surface area contributed by atoms with Crippen molar-refractivity contribution in [3.8, 4) is 97.7 Å². The fourth-order valence-corrected chi connectivity index (χ4v) is 14.4. The molecular weight excluding hydrogens is 1670 g/mol. The SMILES string of the molecule is COc1nc(N)nc(-c2c(Cl)cc(Cl)c3c2CCO3)n1.COc1nc(N)nc(-c2cc(OCCN(C)C)c(Cl)cc2Cl)n1.CSc1nc(N)nc(-c2cc(OCCN(C)C)c(Cl)cc2Cl)n1.Cc1nc(N)nc(-c2c(Cl)cc(Cl)c3c2CCO3)n1.NC(=O)CCCSc1nc(N)nc(-c2c(Cl)cc(Cl)c3c2CCO3)n1. The Bertz CT molecular complexity index is 4880. The van der Waals surface area contributed by atoms with E-state index in [1.54, 1.807) is 49.4 Å². The lowest BCUT2D eigenvalue weighted by Crippen LogP contribution is -2.19. The minimum absolute atomic E-state index is 0.0351. The van der Waals surface area contributed by atoms with Gasteiger partial charge in [-0.2, -0.15) is 59.8 Å². The van der Waals surface area contributed by atoms with Gasteiger partial charge in [0.05, 0.1) is 84.3 Å². The molecule has 1 amide bonds. The minimum atomic E-state index is -0.333. The van der Waals surface area contributed by atoms with Gasteiger partial charge in [-0.15, -0.1) is 0 Å². The number of likely N-dealkylation sites (N-methyl/N-ethyl adjacent to an activating group) is 2. The number of nitrogens with zero attached hydrogens (tertiary/aromatic N) is 17. The second-order valence-corrected chi connectivity index (χ2v) is 29.4. The normalized spacial score (nSPS) is 12.1. The molecule has 43 heteroatoms. The van der Waals surface area contributed by atoms with Gasteiger partial charge in [-0.1, -0.05) is 140 Å². The Kier molecular flexibility index (Phi) is 31.0. The van der Waals surface area contributed by atoms with Gasteiger partial charge in [-0.25, -0.2) is 15.0 Å². The number of amides is 1. The molecule has 5 aromatic heterocycles. The molecule has 0 radical (unpaired) electrons. The maximum atomic E-state index is 10.8. The van der Waals surface area contributed by atoms with Gasteiger partial charge >= 0.3 is 12.0 Å². The number of ether oxygens (including phenoxy) is 7. The van der Waals surface area contributed by atoms with Gasteiger partial charge in [-0.05, 0) is 90.3 Å². The molecule has 0 saturated heterocycles. The number of rotatable bonds is 21. The van der Waals surface area contributed by atoms with Crippen LogP contribution in [0.5, 0.6) is 40.8 Å². The number of hydrogen-bond acceptors (Lipinski definition) is 32. The summed E-state index contributed by atoms with van der Waals surface area (Å²) in [5, 5.41) is 5.42. The number of carbonyl (C=O) groups excluding carboxylic acids is 1. The van der Waals surface area contributed by atoms with Crippen LogP contribution in [0.15, 0.2) is 52.8 Å². The third-order valence-corrected chi connectivity index (χ3v) is 19.5. The Morgan fingerprint density at radius 3 is 1.20 bits per heavy atom. The van der Waals surface area contributed by atoms with Crippen molar-refractivity contribution in [3.63, 3.8) is 0 Å². The lowest BCUT2D eigenvalue weighted by Gasteiger charge is -2.14. The number of primary amides is 1. The molecule has 0 spiro atoms. The second kappa shape index (κ2) is 39.8. The molecule has 0 saturated carbocycles. The second-order valence-electron chi connectivity index (χ2n) is 23.5. The Balaban J connectivity index is 0.000000159. The molecule has 5 aromatic carbocycles. The molecular formula is C67H69Cl10N23O8S2. The van der Waals surface area contributed by atoms with Crippen molar-refractivity contribution < 1.29 is 38.0 Å². The topological polar surface area (TPSA) is 438 Å². The van der Waals surface area contributed by atoms with E-state index in [9.17, 15) is 4.79 Å². The third kappa shape index (κ3) is 22.8. The first-order valence-corrected chi connectivity index (χ1v) is 38.4. The fourth-order valence-electron chi connectivity index (χ4n) is 10.2. The molecule has 10 aromatic rings. The van der Waals surface area contributed by atoms with Crippen LogP contribution in [0.2, 0.25) is 50.2 Å². The molecule has 31 nitrogen and oxygen atoms in total. The van der Waals surface area contributed by atoms with Crippen molar-refractivity contribution in [2.24, 2.45) is 5.73 Å². The lowest BCUT2D eigenvalue weighted by atomic mass is 10.0. The summed E-state index contributed by atoms with van der Waals surface area (Å²) in [7, 11) is 10.7. The molecule has 3 aliphatic rings. The Hall–Kier alpha value is -8.26. The van der Waals surface area contributed by atoms with Crippen LogP contribution < -0.4 is 67.6 Å². The standard InChI is InChI=1S/C15H15Cl2N5O2S.C14H17Cl2N5O2.C14H17Cl2N5OS.C12H10Cl2N4O2.C12H10Cl2N4O/c16-8-6-9(17)12-7(3-4-24-12)11(8)13-20-14(19)22-15(21-13)25-5-1-2-10(18)23;1-21(2)4-5-23-11-6-8(9(15)7-10(11)16)12-18-13(17)20-14(19-12)22-3;1-21(2)4-5-22-11-6-8(9(15)7-10(11)16)12-18-13(17)20-14(19-12)23-3;1-19-12-17-10(16-11(15)18-12)8-5-2-3-20-9(5)7(14)4-6(8)13;1-5-16-11(18-12(15)17-5)9-6-2-3-19-10(6)8(14)4-7(9)13/h6H,1-5H2,(H2,18,23)(H2,19,20,21,22);2*6-7H,4-5H2,1-3H3,(H2,17,18,19,20);4H,2-3H2,1H3,(H2,15,16,17,18);4H,2-3H2,1H3,(H2,15,16,17,18). The molecule has 0 aliphatic carbocycles. The van der Waals surface area contributed by atoms with Crippen molar-refractivity contribution in [2.75, 3.05) is 129 Å². The fraction of sp³-hybridized carbons (Fsp3) is 0.313. The highest BCUT2D eigenvalue weighted by molar-refractivity contribution is 7.99. The zero-order valence-corrected chi connectivity index (χ0v) is 68.9. The molecule has 110 heavy (non-hydrogen) atoms. The number of halogens is 10. The molecule has 0 atom stereocenters. The number of fused-ring (bicyclic) bond motifs is 3. The number of methoxy groups -OCH3 is 2. The van der Waals surface area contributed by atoms with Crippen LogP contribution in [0.25, 0.3) is 56.9 Å². The molecule has 0 fully saturated rings. The summed E-state index contributed by atoms with van der Waals surface area (Å²) in [5.41, 5.74) is 39.5. The molecule has 582 valence electrons. The first kappa shape index (κ1) is 85.7. The summed E-state index contributed by atoms with van der Waals surface area (Å²) in [5.74, 6) is 6.10. The predicted molar refractivity (Wildman–Crippen MR) is 433 cm³/mol. The summed E-state index contributed by atoms with van der Waals surface area (Å²) >= 11 is 64.9. The predicted octanol–water partition coefficient (Wildman–Crippen LogP) is 13.2. The van der Waals surface area contributed by atoms with Crippen LogP contribution in [-0.4, -0.2) is 191 Å². The monoisotopic (exact) mass is 1740 g/mol. The van der Waals surface area contributed by atoms with Crippen molar-refractivity contribution in [3.05, 3.63) is 115 Å². The summed E-state index contributed by atoms with van der Waals surface area (Å²) in [6.45, 7) is 5.89. The molecule has 0 bridgehead atoms. The Labute approximate surface area is 689 Å². The van der Waals surface area contributed by atoms with E-state index < -0.39 is 0 Å². The van der Waals surface area contributed by atoms with Crippen molar-refractivity contribution >= 4 is 175 Å². The van der Waals surface area contributed by atoms with Gasteiger partial charge in [0.25, 0.3) is 0 Å². The molecule has 0 unspecified atom stereocenters. The average molecular weight is 1740 g/mol. The van der Waals surface area contributed by atoms with Crippen molar-refractivity contribution in [2.45, 2.75) is 49.3 Å². The highest BCUT2D eigenvalue weighted by Crippen LogP contribution is 2.47. The van der Waals surface area contributed by atoms with Gasteiger partial charge in [0.2, 0.25) is 35.6 Å². The van der Waals surface area contributed by atoms with E-state index in [4.69, 9.17) is 184 Å². The lowest BCUT2D eigenvalue weighted by molar-refractivity contribution is -0.118. The smallest absolute Gasteiger partial charge is 0.321 e. The van der Waals surface area contributed by atoms with Gasteiger partial charge in [0.1, 0.15) is 47.8 Å². The van der Waals surface area contributed by atoms with Crippen LogP contribution in [0, 0.1) is 6.92 Å². The third-order valence-electron chi connectivity index (χ3n) is 15.1. The molecule has 13 rings (SSSR count). The number of aromatic nitrogens is 15. The summed E-state index contributed by atoms with van der Waals surface area (Å²) in [4.78, 5) is 76.7. The molecule has 3 aliphatic heterocycles. The number of nitrogen functional groups attached to an aromatic ring is 5. The highest BCUT2D eigenvalue weighted by atomic mass is 35.5. The average Bonchev–Trinajstić information content (AvgIpc) is 1.40. The van der Waals surface area contributed by atoms with Gasteiger partial charge in [0.15, 0.2) is 39.4 Å². The van der Waals surface area contributed by atoms with Crippen LogP contribution in [0.4, 0.5) is 29.7 Å².